The predicted octanol–water partition coefficient (Wildman–Crippen LogP) is 2.29. The lowest BCUT2D eigenvalue weighted by Crippen LogP contribution is -2.30. The number of likely N-dealkylation sites (tertiary alicyclic amines) is 1. The molecule has 1 heterocycles. The third-order valence-electron chi connectivity index (χ3n) is 3.69. The third kappa shape index (κ3) is 3.88. The zero-order chi connectivity index (χ0) is 15.4. The molecule has 5 nitrogen and oxygen atoms in total. The molecule has 0 bridgehead atoms. The molecule has 2 rings (SSSR count). The maximum atomic E-state index is 12.1. The van der Waals surface area contributed by atoms with Gasteiger partial charge in [-0.1, -0.05) is 30.7 Å². The molecule has 0 aliphatic carbocycles. The van der Waals surface area contributed by atoms with Crippen molar-refractivity contribution in [3.8, 4) is 5.75 Å². The van der Waals surface area contributed by atoms with E-state index in [-0.39, 0.29) is 31.4 Å². The van der Waals surface area contributed by atoms with Gasteiger partial charge in [-0.05, 0) is 18.1 Å². The van der Waals surface area contributed by atoms with Crippen molar-refractivity contribution >= 4 is 23.5 Å². The Hall–Kier alpha value is -1.75. The summed E-state index contributed by atoms with van der Waals surface area (Å²) in [5.41, 5.74) is 0. The molecule has 1 amide bonds. The topological polar surface area (TPSA) is 66.8 Å². The predicted molar refractivity (Wildman–Crippen MR) is 78.4 cm³/mol. The molecule has 1 N–H and O–H groups in total. The largest absolute Gasteiger partial charge is 0.491 e. The summed E-state index contributed by atoms with van der Waals surface area (Å²) in [6.45, 7) is 2.85. The summed E-state index contributed by atoms with van der Waals surface area (Å²) in [6, 6.07) is 7.07. The van der Waals surface area contributed by atoms with Gasteiger partial charge in [0.25, 0.3) is 0 Å². The average Bonchev–Trinajstić information content (AvgIpc) is 2.83. The van der Waals surface area contributed by atoms with Gasteiger partial charge in [-0.25, -0.2) is 0 Å². The summed E-state index contributed by atoms with van der Waals surface area (Å²) >= 11 is 5.95. The van der Waals surface area contributed by atoms with Crippen molar-refractivity contribution in [1.82, 2.24) is 4.90 Å². The van der Waals surface area contributed by atoms with Crippen LogP contribution < -0.4 is 4.74 Å². The Bertz CT molecular complexity index is 534. The second kappa shape index (κ2) is 6.80. The first-order valence-corrected chi connectivity index (χ1v) is 7.24. The van der Waals surface area contributed by atoms with E-state index >= 15 is 0 Å². The molecule has 1 aliphatic heterocycles. The van der Waals surface area contributed by atoms with Gasteiger partial charge in [0.05, 0.1) is 24.0 Å². The van der Waals surface area contributed by atoms with Crippen LogP contribution in [-0.4, -0.2) is 41.6 Å². The van der Waals surface area contributed by atoms with Crippen molar-refractivity contribution in [2.45, 2.75) is 13.3 Å². The number of nitrogens with zero attached hydrogens (tertiary/aromatic N) is 1. The number of benzene rings is 1. The second-order valence-electron chi connectivity index (χ2n) is 5.25. The van der Waals surface area contributed by atoms with Gasteiger partial charge < -0.3 is 14.7 Å². The fraction of sp³-hybridized carbons (Fsp3) is 0.467. The van der Waals surface area contributed by atoms with E-state index in [4.69, 9.17) is 21.4 Å². The van der Waals surface area contributed by atoms with Crippen molar-refractivity contribution in [2.75, 3.05) is 19.7 Å². The maximum Gasteiger partial charge on any atom is 0.308 e. The van der Waals surface area contributed by atoms with Crippen molar-refractivity contribution in [3.63, 3.8) is 0 Å². The van der Waals surface area contributed by atoms with Crippen LogP contribution in [0.2, 0.25) is 5.02 Å². The normalized spacial score (nSPS) is 21.3. The van der Waals surface area contributed by atoms with E-state index < -0.39 is 11.9 Å². The van der Waals surface area contributed by atoms with Gasteiger partial charge in [-0.3, -0.25) is 9.59 Å². The number of hydrogen-bond donors (Lipinski definition) is 1. The lowest BCUT2D eigenvalue weighted by Gasteiger charge is -2.16. The second-order valence-corrected chi connectivity index (χ2v) is 5.66. The SMILES string of the molecule is C[C@@H]1CN(C(=O)CCOc2ccccc2Cl)C[C@H]1C(=O)O. The van der Waals surface area contributed by atoms with Crippen LogP contribution in [0.25, 0.3) is 0 Å². The molecule has 21 heavy (non-hydrogen) atoms. The molecule has 1 aliphatic rings. The number of ether oxygens (including phenoxy) is 1. The van der Waals surface area contributed by atoms with Crippen LogP contribution in [0.5, 0.6) is 5.75 Å². The van der Waals surface area contributed by atoms with Crippen molar-refractivity contribution in [1.29, 1.82) is 0 Å². The minimum Gasteiger partial charge on any atom is -0.491 e. The number of halogens is 1. The fourth-order valence-electron chi connectivity index (χ4n) is 2.46. The molecular weight excluding hydrogens is 294 g/mol. The van der Waals surface area contributed by atoms with E-state index in [1.165, 1.54) is 0 Å². The van der Waals surface area contributed by atoms with Crippen LogP contribution in [0, 0.1) is 11.8 Å². The van der Waals surface area contributed by atoms with E-state index in [1.807, 2.05) is 13.0 Å². The van der Waals surface area contributed by atoms with Crippen molar-refractivity contribution in [3.05, 3.63) is 29.3 Å². The zero-order valence-electron chi connectivity index (χ0n) is 11.8. The summed E-state index contributed by atoms with van der Waals surface area (Å²) in [6.07, 6.45) is 0.213. The summed E-state index contributed by atoms with van der Waals surface area (Å²) in [7, 11) is 0. The fourth-order valence-corrected chi connectivity index (χ4v) is 2.65. The lowest BCUT2D eigenvalue weighted by molar-refractivity contribution is -0.142. The van der Waals surface area contributed by atoms with Crippen LogP contribution in [0.1, 0.15) is 13.3 Å². The Labute approximate surface area is 128 Å². The molecule has 0 unspecified atom stereocenters. The number of carboxylic acid groups (broad SMARTS) is 1. The maximum absolute atomic E-state index is 12.1. The summed E-state index contributed by atoms with van der Waals surface area (Å²) in [5, 5.41) is 9.57. The van der Waals surface area contributed by atoms with Gasteiger partial charge in [0.2, 0.25) is 5.91 Å². The zero-order valence-corrected chi connectivity index (χ0v) is 12.5. The molecule has 0 saturated carbocycles. The average molecular weight is 312 g/mol. The van der Waals surface area contributed by atoms with Gasteiger partial charge in [-0.15, -0.1) is 0 Å². The minimum atomic E-state index is -0.842. The quantitative estimate of drug-likeness (QED) is 0.906. The number of aliphatic carboxylic acids is 1. The Morgan fingerprint density at radius 2 is 2.10 bits per heavy atom. The van der Waals surface area contributed by atoms with Crippen LogP contribution in [-0.2, 0) is 9.59 Å². The Morgan fingerprint density at radius 1 is 1.38 bits per heavy atom. The smallest absolute Gasteiger partial charge is 0.308 e. The van der Waals surface area contributed by atoms with Gasteiger partial charge in [0, 0.05) is 13.1 Å². The summed E-state index contributed by atoms with van der Waals surface area (Å²) in [5.74, 6) is -0.873. The number of hydrogen-bond acceptors (Lipinski definition) is 3. The Morgan fingerprint density at radius 3 is 2.71 bits per heavy atom. The first-order valence-electron chi connectivity index (χ1n) is 6.87. The number of carbonyl (C=O) groups is 2. The number of carbonyl (C=O) groups excluding carboxylic acids is 1. The van der Waals surface area contributed by atoms with Crippen LogP contribution in [0.3, 0.4) is 0 Å². The highest BCUT2D eigenvalue weighted by atomic mass is 35.5. The number of rotatable bonds is 5. The van der Waals surface area contributed by atoms with Crippen LogP contribution >= 0.6 is 11.6 Å². The molecular formula is C15H18ClNO4. The number of para-hydroxylation sites is 1. The summed E-state index contributed by atoms with van der Waals surface area (Å²) < 4.78 is 5.47. The van der Waals surface area contributed by atoms with Gasteiger partial charge in [-0.2, -0.15) is 0 Å². The molecule has 0 spiro atoms. The van der Waals surface area contributed by atoms with E-state index in [2.05, 4.69) is 0 Å². The molecule has 1 aromatic rings. The van der Waals surface area contributed by atoms with Crippen LogP contribution in [0.15, 0.2) is 24.3 Å². The Kier molecular flexibility index (Phi) is 5.07. The first kappa shape index (κ1) is 15.6. The third-order valence-corrected chi connectivity index (χ3v) is 4.00. The molecule has 2 atom stereocenters. The molecule has 114 valence electrons. The highest BCUT2D eigenvalue weighted by Crippen LogP contribution is 2.25. The van der Waals surface area contributed by atoms with Crippen LogP contribution in [0.4, 0.5) is 0 Å². The molecule has 1 saturated heterocycles. The Balaban J connectivity index is 1.81. The molecule has 1 aromatic carbocycles. The summed E-state index contributed by atoms with van der Waals surface area (Å²) in [4.78, 5) is 24.7. The molecule has 0 radical (unpaired) electrons. The minimum absolute atomic E-state index is 0.0177. The standard InChI is InChI=1S/C15H18ClNO4/c1-10-8-17(9-11(10)15(19)20)14(18)6-7-21-13-5-3-2-4-12(13)16/h2-5,10-11H,6-9H2,1H3,(H,19,20)/t10-,11-/m1/s1. The lowest BCUT2D eigenvalue weighted by atomic mass is 9.99. The monoisotopic (exact) mass is 311 g/mol. The molecule has 1 fully saturated rings. The number of amides is 1. The first-order chi connectivity index (χ1) is 9.99. The van der Waals surface area contributed by atoms with Crippen molar-refractivity contribution in [2.24, 2.45) is 11.8 Å². The van der Waals surface area contributed by atoms with E-state index in [0.29, 0.717) is 17.3 Å². The van der Waals surface area contributed by atoms with E-state index in [0.717, 1.165) is 0 Å². The van der Waals surface area contributed by atoms with Crippen molar-refractivity contribution < 1.29 is 19.4 Å². The van der Waals surface area contributed by atoms with Gasteiger partial charge >= 0.3 is 5.97 Å². The molecule has 0 aromatic heterocycles. The van der Waals surface area contributed by atoms with Gasteiger partial charge in [0.1, 0.15) is 5.75 Å². The number of carboxylic acids is 1. The highest BCUT2D eigenvalue weighted by molar-refractivity contribution is 6.32. The van der Waals surface area contributed by atoms with Gasteiger partial charge in [0.15, 0.2) is 0 Å². The highest BCUT2D eigenvalue weighted by Gasteiger charge is 2.36. The molecule has 6 heteroatoms. The van der Waals surface area contributed by atoms with E-state index in [1.54, 1.807) is 23.1 Å². The van der Waals surface area contributed by atoms with E-state index in [9.17, 15) is 9.59 Å².